The molecule has 5 rings (SSSR count). The molecule has 0 aromatic heterocycles. The third kappa shape index (κ3) is 14.0. The van der Waals surface area contributed by atoms with Crippen molar-refractivity contribution in [2.24, 2.45) is 0 Å². The molecule has 40 heavy (non-hydrogen) atoms. The van der Waals surface area contributed by atoms with E-state index in [-0.39, 0.29) is 47.5 Å². The van der Waals surface area contributed by atoms with Crippen molar-refractivity contribution in [3.8, 4) is 0 Å². The van der Waals surface area contributed by atoms with Crippen molar-refractivity contribution in [3.05, 3.63) is 182 Å². The predicted octanol–water partition coefficient (Wildman–Crippen LogP) is 9.99. The molecule has 0 heterocycles. The molecule has 0 aliphatic carbocycles. The summed E-state index contributed by atoms with van der Waals surface area (Å²) in [7, 11) is 0. The van der Waals surface area contributed by atoms with Crippen molar-refractivity contribution in [1.29, 1.82) is 0 Å². The minimum absolute atomic E-state index is 0. The number of amides is 1. The van der Waals surface area contributed by atoms with Crippen molar-refractivity contribution >= 4 is 39.8 Å². The summed E-state index contributed by atoms with van der Waals surface area (Å²) in [6, 6.07) is 40.2. The van der Waals surface area contributed by atoms with E-state index in [0.29, 0.717) is 5.56 Å². The van der Waals surface area contributed by atoms with Gasteiger partial charge in [0.15, 0.2) is 0 Å². The summed E-state index contributed by atoms with van der Waals surface area (Å²) in [5.74, 6) is -0.629. The second-order valence-electron chi connectivity index (χ2n) is 8.39. The Morgan fingerprint density at radius 2 is 1.10 bits per heavy atom. The average Bonchev–Trinajstić information content (AvgIpc) is 3.39. The van der Waals surface area contributed by atoms with Gasteiger partial charge in [0.2, 0.25) is 0 Å². The molecule has 4 heteroatoms. The molecule has 1 N–H and O–H groups in total. The first-order chi connectivity index (χ1) is 17.5. The van der Waals surface area contributed by atoms with E-state index in [1.807, 2.05) is 6.07 Å². The normalized spacial score (nSPS) is 9.45. The van der Waals surface area contributed by atoms with Crippen LogP contribution in [0.5, 0.6) is 0 Å². The number of fused-ring (bicyclic) bond motifs is 1. The van der Waals surface area contributed by atoms with Crippen molar-refractivity contribution in [3.63, 3.8) is 0 Å². The number of allylic oxidation sites excluding steroid dienone is 2. The summed E-state index contributed by atoms with van der Waals surface area (Å²) >= 11 is 0. The Bertz CT molecular complexity index is 1320. The van der Waals surface area contributed by atoms with Crippen LogP contribution in [0.15, 0.2) is 133 Å². The van der Waals surface area contributed by atoms with Gasteiger partial charge in [-0.3, -0.25) is 0 Å². The van der Waals surface area contributed by atoms with E-state index in [1.165, 1.54) is 33.0 Å². The fourth-order valence-electron chi connectivity index (χ4n) is 3.35. The summed E-state index contributed by atoms with van der Waals surface area (Å²) in [4.78, 5) is 10.3. The van der Waals surface area contributed by atoms with E-state index in [2.05, 4.69) is 129 Å². The third-order valence-corrected chi connectivity index (χ3v) is 5.43. The molecular formula is C36H37NOSiTi. The van der Waals surface area contributed by atoms with E-state index < -0.39 is 5.91 Å². The SMILES string of the molecule is Cc1ccc(C=CC=Cc2ccc(C)cc2)cc1.[CH3-].[CH3-].[NH-]C(=O)c1ccccc1.[Si].[Ti+4].c1ccc2[cH-]ccc2c1. The standard InChI is InChI=1S/C18H18.C9H7.C7H7NO.2CH3.Si.Ti/c1-15-7-11-17(12-8-15)5-3-4-6-18-13-9-16(2)10-14-18;1-2-5-9-7-3-6-8(9)4-1;8-7(9)6-4-2-1-3-5-6;;;;/h3-14H,1-2H3;1-7H;1-5H,(H2,8,9);2*1H3;;/q;-1;;2*-1;;+4/p-1. The van der Waals surface area contributed by atoms with Crippen LogP contribution in [0.1, 0.15) is 32.6 Å². The molecule has 0 saturated heterocycles. The zero-order valence-corrected chi connectivity index (χ0v) is 26.3. The number of aryl methyl sites for hydroxylation is 2. The van der Waals surface area contributed by atoms with Crippen LogP contribution in [0, 0.1) is 28.7 Å². The second kappa shape index (κ2) is 21.2. The number of nitrogens with one attached hydrogen (secondary N) is 1. The summed E-state index contributed by atoms with van der Waals surface area (Å²) in [5, 5.41) is 2.66. The molecule has 2 nitrogen and oxygen atoms in total. The minimum atomic E-state index is -0.629. The number of benzene rings is 4. The van der Waals surface area contributed by atoms with Crippen LogP contribution in [0.2, 0.25) is 0 Å². The molecule has 0 saturated carbocycles. The third-order valence-electron chi connectivity index (χ3n) is 5.43. The molecule has 0 atom stereocenters. The number of hydrogen-bond donors (Lipinski definition) is 0. The first-order valence-corrected chi connectivity index (χ1v) is 11.9. The zero-order chi connectivity index (χ0) is 25.6. The van der Waals surface area contributed by atoms with Crippen LogP contribution >= 0.6 is 0 Å². The van der Waals surface area contributed by atoms with E-state index in [9.17, 15) is 4.79 Å². The average molecular weight is 576 g/mol. The first-order valence-electron chi connectivity index (χ1n) is 11.9. The maximum Gasteiger partial charge on any atom is 4.00 e. The topological polar surface area (TPSA) is 40.9 Å². The van der Waals surface area contributed by atoms with Gasteiger partial charge in [-0.1, -0.05) is 120 Å². The molecule has 0 fully saturated rings. The monoisotopic (exact) mass is 575 g/mol. The van der Waals surface area contributed by atoms with Crippen molar-refractivity contribution in [2.45, 2.75) is 13.8 Å². The molecule has 0 unspecified atom stereocenters. The van der Waals surface area contributed by atoms with Gasteiger partial charge >= 0.3 is 21.7 Å². The number of carbonyl (C=O) groups excluding carboxylic acids is 1. The molecule has 4 radical (unpaired) electrons. The Morgan fingerprint density at radius 3 is 1.52 bits per heavy atom. The molecule has 200 valence electrons. The maximum absolute atomic E-state index is 10.3. The van der Waals surface area contributed by atoms with Crippen LogP contribution in [0.4, 0.5) is 0 Å². The Hall–Kier alpha value is -3.63. The van der Waals surface area contributed by atoms with E-state index in [1.54, 1.807) is 24.3 Å². The van der Waals surface area contributed by atoms with Gasteiger partial charge in [-0.05, 0) is 30.5 Å². The molecule has 0 spiro atoms. The van der Waals surface area contributed by atoms with Gasteiger partial charge in [0.25, 0.3) is 0 Å². The molecule has 0 aliphatic heterocycles. The molecule has 0 bridgehead atoms. The Kier molecular flexibility index (Phi) is 20.4. The largest absolute Gasteiger partial charge is 4.00 e. The van der Waals surface area contributed by atoms with Crippen LogP contribution in [0.25, 0.3) is 28.7 Å². The molecule has 0 aliphatic rings. The van der Waals surface area contributed by atoms with Crippen molar-refractivity contribution in [2.75, 3.05) is 0 Å². The van der Waals surface area contributed by atoms with Crippen LogP contribution in [-0.2, 0) is 21.7 Å². The predicted molar refractivity (Wildman–Crippen MR) is 174 cm³/mol. The molecular weight excluding hydrogens is 538 g/mol. The van der Waals surface area contributed by atoms with Crippen LogP contribution in [0.3, 0.4) is 0 Å². The number of hydrogen-bond acceptors (Lipinski definition) is 1. The first kappa shape index (κ1) is 38.5. The summed E-state index contributed by atoms with van der Waals surface area (Å²) in [6.45, 7) is 4.20. The fraction of sp³-hybridized carbons (Fsp3) is 0.0556. The second-order valence-corrected chi connectivity index (χ2v) is 8.39. The van der Waals surface area contributed by atoms with Gasteiger partial charge < -0.3 is 25.4 Å². The molecule has 1 amide bonds. The van der Waals surface area contributed by atoms with Crippen molar-refractivity contribution in [1.82, 2.24) is 0 Å². The van der Waals surface area contributed by atoms with Gasteiger partial charge in [-0.25, -0.2) is 0 Å². The molecule has 5 aromatic carbocycles. The Morgan fingerprint density at radius 1 is 0.650 bits per heavy atom. The summed E-state index contributed by atoms with van der Waals surface area (Å²) in [6.07, 6.45) is 8.38. The zero-order valence-electron chi connectivity index (χ0n) is 23.8. The van der Waals surface area contributed by atoms with Crippen LogP contribution in [-0.4, -0.2) is 16.9 Å². The fourth-order valence-corrected chi connectivity index (χ4v) is 3.35. The Balaban J connectivity index is 0. The smallest absolute Gasteiger partial charge is 0.664 e. The Labute approximate surface area is 260 Å². The van der Waals surface area contributed by atoms with E-state index >= 15 is 0 Å². The molecule has 5 aromatic rings. The maximum atomic E-state index is 10.3. The summed E-state index contributed by atoms with van der Waals surface area (Å²) < 4.78 is 0. The number of rotatable bonds is 4. The van der Waals surface area contributed by atoms with E-state index in [4.69, 9.17) is 5.73 Å². The van der Waals surface area contributed by atoms with Crippen molar-refractivity contribution < 1.29 is 26.5 Å². The van der Waals surface area contributed by atoms with Gasteiger partial charge in [0.1, 0.15) is 0 Å². The minimum Gasteiger partial charge on any atom is -0.664 e. The quantitative estimate of drug-likeness (QED) is 0.119. The van der Waals surface area contributed by atoms with Gasteiger partial charge in [0.05, 0.1) is 5.91 Å². The van der Waals surface area contributed by atoms with Gasteiger partial charge in [-0.15, -0.1) is 29.7 Å². The van der Waals surface area contributed by atoms with Gasteiger partial charge in [-0.2, -0.15) is 17.5 Å². The number of carbonyl (C=O) groups is 1. The van der Waals surface area contributed by atoms with E-state index in [0.717, 1.165) is 0 Å². The van der Waals surface area contributed by atoms with Crippen LogP contribution < -0.4 is 0 Å². The van der Waals surface area contributed by atoms with Gasteiger partial charge in [0, 0.05) is 11.0 Å². The summed E-state index contributed by atoms with van der Waals surface area (Å²) in [5.41, 5.74) is 12.2.